The second-order valence-corrected chi connectivity index (χ2v) is 13.7. The number of rotatable bonds is 13. The van der Waals surface area contributed by atoms with E-state index in [4.69, 9.17) is 34.8 Å². The van der Waals surface area contributed by atoms with Crippen molar-refractivity contribution in [1.29, 1.82) is 0 Å². The van der Waals surface area contributed by atoms with Crippen molar-refractivity contribution in [3.63, 3.8) is 0 Å². The Morgan fingerprint density at radius 2 is 1.40 bits per heavy atom. The predicted octanol–water partition coefficient (Wildman–Crippen LogP) is 7.40. The molecule has 4 aromatic carbocycles. The number of hydrogen-bond acceptors (Lipinski definition) is 4. The molecule has 0 fully saturated rings. The van der Waals surface area contributed by atoms with Crippen LogP contribution in [-0.4, -0.2) is 43.8 Å². The number of carbonyl (C=O) groups is 2. The van der Waals surface area contributed by atoms with Gasteiger partial charge in [0.15, 0.2) is 0 Å². The zero-order chi connectivity index (χ0) is 32.6. The summed E-state index contributed by atoms with van der Waals surface area (Å²) < 4.78 is 29.1. The number of benzene rings is 4. The molecular weight excluding hydrogens is 653 g/mol. The Bertz CT molecular complexity index is 1700. The summed E-state index contributed by atoms with van der Waals surface area (Å²) in [5.74, 6) is -0.984. The highest BCUT2D eigenvalue weighted by Crippen LogP contribution is 2.30. The van der Waals surface area contributed by atoms with Crippen molar-refractivity contribution in [2.45, 2.75) is 50.2 Å². The summed E-state index contributed by atoms with van der Waals surface area (Å²) in [6.07, 6.45) is 0.870. The van der Waals surface area contributed by atoms with Gasteiger partial charge in [-0.05, 0) is 60.9 Å². The number of sulfonamides is 1. The van der Waals surface area contributed by atoms with Crippen LogP contribution in [0.3, 0.4) is 0 Å². The highest BCUT2D eigenvalue weighted by atomic mass is 35.5. The van der Waals surface area contributed by atoms with E-state index in [9.17, 15) is 18.0 Å². The third-order valence-corrected chi connectivity index (χ3v) is 9.91. The molecule has 0 aliphatic rings. The maximum atomic E-state index is 14.5. The number of halogens is 3. The highest BCUT2D eigenvalue weighted by Gasteiger charge is 2.35. The van der Waals surface area contributed by atoms with Crippen molar-refractivity contribution in [3.8, 4) is 0 Å². The monoisotopic (exact) mass is 685 g/mol. The van der Waals surface area contributed by atoms with Crippen molar-refractivity contribution >= 4 is 62.3 Å². The van der Waals surface area contributed by atoms with E-state index in [0.717, 1.165) is 9.87 Å². The summed E-state index contributed by atoms with van der Waals surface area (Å²) in [6, 6.07) is 27.3. The van der Waals surface area contributed by atoms with Crippen molar-refractivity contribution in [2.24, 2.45) is 0 Å². The lowest BCUT2D eigenvalue weighted by Crippen LogP contribution is -2.54. The van der Waals surface area contributed by atoms with Crippen LogP contribution in [0, 0.1) is 0 Å². The van der Waals surface area contributed by atoms with Crippen molar-refractivity contribution in [2.75, 3.05) is 10.8 Å². The molecule has 1 N–H and O–H groups in total. The third-order valence-electron chi connectivity index (χ3n) is 7.32. The average molecular weight is 687 g/mol. The summed E-state index contributed by atoms with van der Waals surface area (Å²) in [4.78, 5) is 29.8. The van der Waals surface area contributed by atoms with E-state index in [1.54, 1.807) is 42.5 Å². The topological polar surface area (TPSA) is 86.8 Å². The number of hydrogen-bond donors (Lipinski definition) is 1. The molecule has 0 radical (unpaired) electrons. The molecule has 2 unspecified atom stereocenters. The molecule has 0 bridgehead atoms. The molecule has 0 aromatic heterocycles. The smallest absolute Gasteiger partial charge is 0.264 e. The maximum absolute atomic E-state index is 14.5. The Balaban J connectivity index is 1.83. The van der Waals surface area contributed by atoms with Gasteiger partial charge in [-0.25, -0.2) is 8.42 Å². The van der Waals surface area contributed by atoms with Gasteiger partial charge in [0.05, 0.1) is 10.6 Å². The fourth-order valence-electron chi connectivity index (χ4n) is 4.74. The molecule has 2 atom stereocenters. The summed E-state index contributed by atoms with van der Waals surface area (Å²) >= 11 is 19.1. The van der Waals surface area contributed by atoms with Crippen LogP contribution in [-0.2, 0) is 32.6 Å². The SMILES string of the molecule is CCC(C)NC(=O)C(Cc1ccccc1)N(Cc1ccccc1Cl)C(=O)CN(c1cc(Cl)cc(Cl)c1)S(=O)(=O)c1ccccc1. The Morgan fingerprint density at radius 1 is 0.822 bits per heavy atom. The Kier molecular flexibility index (Phi) is 11.9. The normalized spacial score (nSPS) is 12.6. The van der Waals surface area contributed by atoms with E-state index in [1.165, 1.54) is 35.2 Å². The van der Waals surface area contributed by atoms with Gasteiger partial charge in [-0.2, -0.15) is 0 Å². The standard InChI is InChI=1S/C34H34Cl3N3O4S/c1-3-24(2)38-34(42)32(18-25-12-6-4-7-13-25)39(22-26-14-10-11-17-31(26)37)33(41)23-40(29-20-27(35)19-28(36)21-29)45(43,44)30-15-8-5-9-16-30/h4-17,19-21,24,32H,3,18,22-23H2,1-2H3,(H,38,42). The van der Waals surface area contributed by atoms with E-state index >= 15 is 0 Å². The molecule has 45 heavy (non-hydrogen) atoms. The first-order chi connectivity index (χ1) is 21.5. The molecule has 0 saturated carbocycles. The van der Waals surface area contributed by atoms with Crippen LogP contribution >= 0.6 is 34.8 Å². The molecule has 0 aliphatic heterocycles. The van der Waals surface area contributed by atoms with Crippen molar-refractivity contribution in [1.82, 2.24) is 10.2 Å². The third kappa shape index (κ3) is 9.01. The van der Waals surface area contributed by atoms with Crippen LogP contribution in [0.1, 0.15) is 31.4 Å². The zero-order valence-corrected chi connectivity index (χ0v) is 28.0. The van der Waals surface area contributed by atoms with Gasteiger partial charge in [-0.3, -0.25) is 13.9 Å². The van der Waals surface area contributed by atoms with Gasteiger partial charge in [0.25, 0.3) is 10.0 Å². The zero-order valence-electron chi connectivity index (χ0n) is 24.9. The minimum atomic E-state index is -4.28. The molecule has 7 nitrogen and oxygen atoms in total. The first-order valence-corrected chi connectivity index (χ1v) is 17.0. The molecule has 0 aliphatic carbocycles. The Hall–Kier alpha value is -3.56. The quantitative estimate of drug-likeness (QED) is 0.159. The molecule has 2 amide bonds. The predicted molar refractivity (Wildman–Crippen MR) is 181 cm³/mol. The molecule has 0 saturated heterocycles. The fourth-order valence-corrected chi connectivity index (χ4v) is 6.87. The van der Waals surface area contributed by atoms with Crippen LogP contribution < -0.4 is 9.62 Å². The highest BCUT2D eigenvalue weighted by molar-refractivity contribution is 7.92. The van der Waals surface area contributed by atoms with Crippen LogP contribution in [0.5, 0.6) is 0 Å². The van der Waals surface area contributed by atoms with E-state index in [0.29, 0.717) is 17.0 Å². The number of anilines is 1. The molecule has 4 aromatic rings. The van der Waals surface area contributed by atoms with Gasteiger partial charge < -0.3 is 10.2 Å². The number of carbonyl (C=O) groups excluding carboxylic acids is 2. The van der Waals surface area contributed by atoms with Crippen molar-refractivity contribution < 1.29 is 18.0 Å². The van der Waals surface area contributed by atoms with Crippen LogP contribution in [0.2, 0.25) is 15.1 Å². The molecule has 0 spiro atoms. The first-order valence-electron chi connectivity index (χ1n) is 14.4. The van der Waals surface area contributed by atoms with Gasteiger partial charge in [-0.1, -0.05) is 108 Å². The van der Waals surface area contributed by atoms with Gasteiger partial charge in [0.2, 0.25) is 11.8 Å². The first kappa shape index (κ1) is 34.3. The Labute approximate surface area is 279 Å². The van der Waals surface area contributed by atoms with E-state index in [1.807, 2.05) is 44.2 Å². The summed E-state index contributed by atoms with van der Waals surface area (Å²) in [5, 5.41) is 3.81. The van der Waals surface area contributed by atoms with Gasteiger partial charge in [0.1, 0.15) is 12.6 Å². The lowest BCUT2D eigenvalue weighted by Gasteiger charge is -2.34. The number of nitrogens with zero attached hydrogens (tertiary/aromatic N) is 2. The second-order valence-electron chi connectivity index (χ2n) is 10.6. The average Bonchev–Trinajstić information content (AvgIpc) is 3.02. The molecule has 11 heteroatoms. The van der Waals surface area contributed by atoms with Crippen LogP contribution in [0.25, 0.3) is 0 Å². The molecular formula is C34H34Cl3N3O4S. The Morgan fingerprint density at radius 3 is 2.00 bits per heavy atom. The van der Waals surface area contributed by atoms with E-state index in [-0.39, 0.29) is 45.5 Å². The summed E-state index contributed by atoms with van der Waals surface area (Å²) in [5.41, 5.74) is 1.53. The molecule has 0 heterocycles. The minimum absolute atomic E-state index is 0.0260. The summed E-state index contributed by atoms with van der Waals surface area (Å²) in [6.45, 7) is 3.15. The lowest BCUT2D eigenvalue weighted by molar-refractivity contribution is -0.140. The lowest BCUT2D eigenvalue weighted by atomic mass is 10.0. The molecule has 236 valence electrons. The second kappa shape index (κ2) is 15.6. The van der Waals surface area contributed by atoms with E-state index in [2.05, 4.69) is 5.32 Å². The fraction of sp³-hybridized carbons (Fsp3) is 0.235. The van der Waals surface area contributed by atoms with Crippen molar-refractivity contribution in [3.05, 3.63) is 129 Å². The maximum Gasteiger partial charge on any atom is 0.264 e. The minimum Gasteiger partial charge on any atom is -0.352 e. The largest absolute Gasteiger partial charge is 0.352 e. The van der Waals surface area contributed by atoms with Crippen LogP contribution in [0.4, 0.5) is 5.69 Å². The van der Waals surface area contributed by atoms with Gasteiger partial charge in [-0.15, -0.1) is 0 Å². The number of nitrogens with one attached hydrogen (secondary N) is 1. The van der Waals surface area contributed by atoms with Crippen LogP contribution in [0.15, 0.2) is 108 Å². The van der Waals surface area contributed by atoms with E-state index < -0.39 is 28.5 Å². The van der Waals surface area contributed by atoms with Gasteiger partial charge in [0, 0.05) is 34.1 Å². The summed E-state index contributed by atoms with van der Waals surface area (Å²) in [7, 11) is -4.28. The van der Waals surface area contributed by atoms with Gasteiger partial charge >= 0.3 is 0 Å². The number of amides is 2. The molecule has 4 rings (SSSR count).